The highest BCUT2D eigenvalue weighted by Crippen LogP contribution is 2.38. The number of halogens is 1. The van der Waals surface area contributed by atoms with Gasteiger partial charge in [0.2, 0.25) is 0 Å². The van der Waals surface area contributed by atoms with Crippen LogP contribution in [0.1, 0.15) is 17.7 Å². The lowest BCUT2D eigenvalue weighted by molar-refractivity contribution is 0.0931. The van der Waals surface area contributed by atoms with Crippen LogP contribution in [0.25, 0.3) is 21.9 Å². The van der Waals surface area contributed by atoms with Crippen LogP contribution in [0.5, 0.6) is 0 Å². The fraction of sp³-hybridized carbons (Fsp3) is 0.375. The highest BCUT2D eigenvalue weighted by Gasteiger charge is 2.24. The summed E-state index contributed by atoms with van der Waals surface area (Å²) in [5, 5.41) is 16.4. The van der Waals surface area contributed by atoms with Crippen LogP contribution in [-0.4, -0.2) is 53.6 Å². The molecular weight excluding hydrogens is 441 g/mol. The van der Waals surface area contributed by atoms with Crippen molar-refractivity contribution in [1.82, 2.24) is 9.97 Å². The van der Waals surface area contributed by atoms with Crippen molar-refractivity contribution in [3.05, 3.63) is 41.6 Å². The number of nitrogens with zero attached hydrogens (tertiary/aromatic N) is 2. The maximum atomic E-state index is 15.3. The number of anilines is 3. The zero-order valence-electron chi connectivity index (χ0n) is 18.7. The number of fused-ring (bicyclic) bond motifs is 2. The van der Waals surface area contributed by atoms with Gasteiger partial charge >= 0.3 is 6.09 Å². The molecule has 0 aliphatic carbocycles. The number of nitrogens with two attached hydrogens (primary N) is 1. The summed E-state index contributed by atoms with van der Waals surface area (Å²) in [7, 11) is 0. The largest absolute Gasteiger partial charge is 0.443 e. The minimum absolute atomic E-state index is 0.0253. The minimum atomic E-state index is -0.625. The van der Waals surface area contributed by atoms with Crippen molar-refractivity contribution in [2.75, 3.05) is 42.7 Å². The van der Waals surface area contributed by atoms with Gasteiger partial charge in [-0.1, -0.05) is 0 Å². The summed E-state index contributed by atoms with van der Waals surface area (Å²) in [6.45, 7) is 3.55. The number of nitrogen functional groups attached to an aromatic ring is 1. The Labute approximate surface area is 195 Å². The molecule has 2 aliphatic heterocycles. The molecule has 34 heavy (non-hydrogen) atoms. The van der Waals surface area contributed by atoms with E-state index in [1.54, 1.807) is 18.3 Å². The molecule has 5 N–H and O–H groups in total. The first-order chi connectivity index (χ1) is 16.4. The molecule has 1 unspecified atom stereocenters. The molecule has 4 heterocycles. The van der Waals surface area contributed by atoms with E-state index in [0.29, 0.717) is 54.5 Å². The molecule has 10 heteroatoms. The molecule has 0 spiro atoms. The zero-order valence-corrected chi connectivity index (χ0v) is 18.7. The smallest absolute Gasteiger partial charge is 0.413 e. The van der Waals surface area contributed by atoms with Crippen molar-refractivity contribution < 1.29 is 23.8 Å². The maximum Gasteiger partial charge on any atom is 0.413 e. The van der Waals surface area contributed by atoms with Gasteiger partial charge in [-0.05, 0) is 36.4 Å². The predicted octanol–water partition coefficient (Wildman–Crippen LogP) is 3.24. The SMILES string of the molecule is Cc1c(-c2cc3cc(NC(=O)O[C@@H]4CCOC4)ncc3c(N)c2F)cnc2c1NCC(CO)C2. The minimum Gasteiger partial charge on any atom is -0.443 e. The summed E-state index contributed by atoms with van der Waals surface area (Å²) in [6, 6.07) is 3.31. The molecular formula is C24H26FN5O4. The molecule has 2 aliphatic rings. The van der Waals surface area contributed by atoms with Crippen molar-refractivity contribution in [2.45, 2.75) is 25.9 Å². The molecule has 3 aromatic rings. The first-order valence-electron chi connectivity index (χ1n) is 11.2. The van der Waals surface area contributed by atoms with Gasteiger partial charge in [0.15, 0.2) is 5.82 Å². The standard InChI is InChI=1S/C24H26FN5O4/c1-12-17(8-27-19-4-13(10-31)7-29-23(12)19)16-5-14-6-20(28-9-18(14)22(26)21(16)25)30-24(32)34-15-2-3-33-11-15/h5-6,8-9,13,15,29,31H,2-4,7,10-11,26H2,1H3,(H,28,30,32)/t13?,15-/m1/s1. The number of aliphatic hydroxyl groups is 1. The van der Waals surface area contributed by atoms with Gasteiger partial charge in [0.05, 0.1) is 30.3 Å². The summed E-state index contributed by atoms with van der Waals surface area (Å²) in [6.07, 6.45) is 3.48. The van der Waals surface area contributed by atoms with Crippen LogP contribution in [0.2, 0.25) is 0 Å². The van der Waals surface area contributed by atoms with Crippen molar-refractivity contribution >= 4 is 34.1 Å². The summed E-state index contributed by atoms with van der Waals surface area (Å²) in [4.78, 5) is 20.9. The van der Waals surface area contributed by atoms with Gasteiger partial charge in [-0.2, -0.15) is 0 Å². The molecule has 1 saturated heterocycles. The average molecular weight is 468 g/mol. The van der Waals surface area contributed by atoms with Gasteiger partial charge in [-0.3, -0.25) is 10.3 Å². The number of ether oxygens (including phenoxy) is 2. The number of hydrogen-bond donors (Lipinski definition) is 4. The molecule has 2 aromatic heterocycles. The normalized spacial score (nSPS) is 19.5. The molecule has 2 atom stereocenters. The Morgan fingerprint density at radius 2 is 2.21 bits per heavy atom. The quantitative estimate of drug-likeness (QED) is 0.430. The lowest BCUT2D eigenvalue weighted by Gasteiger charge is -2.26. The van der Waals surface area contributed by atoms with E-state index in [1.807, 2.05) is 6.92 Å². The number of hydrogen-bond acceptors (Lipinski definition) is 8. The van der Waals surface area contributed by atoms with E-state index in [1.165, 1.54) is 6.20 Å². The fourth-order valence-electron chi connectivity index (χ4n) is 4.49. The van der Waals surface area contributed by atoms with E-state index >= 15 is 4.39 Å². The van der Waals surface area contributed by atoms with Crippen molar-refractivity contribution in [3.63, 3.8) is 0 Å². The molecule has 1 fully saturated rings. The Morgan fingerprint density at radius 3 is 2.97 bits per heavy atom. The Bertz CT molecular complexity index is 1260. The first kappa shape index (κ1) is 22.3. The molecule has 9 nitrogen and oxygen atoms in total. The van der Waals surface area contributed by atoms with E-state index in [9.17, 15) is 9.90 Å². The fourth-order valence-corrected chi connectivity index (χ4v) is 4.49. The Morgan fingerprint density at radius 1 is 1.35 bits per heavy atom. The third-order valence-electron chi connectivity index (χ3n) is 6.41. The lowest BCUT2D eigenvalue weighted by atomic mass is 9.92. The number of nitrogens with one attached hydrogen (secondary N) is 2. The van der Waals surface area contributed by atoms with Crippen LogP contribution in [0.3, 0.4) is 0 Å². The lowest BCUT2D eigenvalue weighted by Crippen LogP contribution is -2.27. The number of carbonyl (C=O) groups is 1. The van der Waals surface area contributed by atoms with Gasteiger partial charge in [-0.25, -0.2) is 14.2 Å². The second-order valence-corrected chi connectivity index (χ2v) is 8.71. The Kier molecular flexibility index (Phi) is 5.93. The second-order valence-electron chi connectivity index (χ2n) is 8.71. The number of amides is 1. The van der Waals surface area contributed by atoms with E-state index in [-0.39, 0.29) is 30.1 Å². The molecule has 178 valence electrons. The third-order valence-corrected chi connectivity index (χ3v) is 6.41. The van der Waals surface area contributed by atoms with Crippen LogP contribution in [0, 0.1) is 18.7 Å². The number of pyridine rings is 2. The monoisotopic (exact) mass is 467 g/mol. The van der Waals surface area contributed by atoms with Gasteiger partial charge in [-0.15, -0.1) is 0 Å². The van der Waals surface area contributed by atoms with Gasteiger partial charge in [0.1, 0.15) is 11.9 Å². The highest BCUT2D eigenvalue weighted by molar-refractivity contribution is 5.99. The van der Waals surface area contributed by atoms with Crippen LogP contribution in [-0.2, 0) is 15.9 Å². The van der Waals surface area contributed by atoms with Crippen molar-refractivity contribution in [2.24, 2.45) is 5.92 Å². The molecule has 0 radical (unpaired) electrons. The topological polar surface area (TPSA) is 132 Å². The Hall–Kier alpha value is -3.50. The van der Waals surface area contributed by atoms with Crippen LogP contribution < -0.4 is 16.4 Å². The number of aromatic nitrogens is 2. The molecule has 5 rings (SSSR count). The van der Waals surface area contributed by atoms with E-state index in [0.717, 1.165) is 16.9 Å². The number of benzene rings is 1. The predicted molar refractivity (Wildman–Crippen MR) is 126 cm³/mol. The average Bonchev–Trinajstić information content (AvgIpc) is 3.34. The molecule has 0 saturated carbocycles. The second kappa shape index (κ2) is 9.03. The van der Waals surface area contributed by atoms with Crippen molar-refractivity contribution in [3.8, 4) is 11.1 Å². The van der Waals surface area contributed by atoms with Crippen LogP contribution in [0.4, 0.5) is 26.4 Å². The number of aliphatic hydroxyl groups excluding tert-OH is 1. The van der Waals surface area contributed by atoms with Crippen LogP contribution in [0.15, 0.2) is 24.5 Å². The number of carbonyl (C=O) groups excluding carboxylic acids is 1. The summed E-state index contributed by atoms with van der Waals surface area (Å²) >= 11 is 0. The highest BCUT2D eigenvalue weighted by atomic mass is 19.1. The molecule has 1 amide bonds. The number of rotatable bonds is 4. The van der Waals surface area contributed by atoms with Gasteiger partial charge in [0, 0.05) is 54.4 Å². The van der Waals surface area contributed by atoms with Crippen molar-refractivity contribution in [1.29, 1.82) is 0 Å². The zero-order chi connectivity index (χ0) is 23.8. The Balaban J connectivity index is 1.48. The van der Waals surface area contributed by atoms with Crippen LogP contribution >= 0.6 is 0 Å². The maximum absolute atomic E-state index is 15.3. The first-order valence-corrected chi connectivity index (χ1v) is 11.2. The molecule has 1 aromatic carbocycles. The van der Waals surface area contributed by atoms with E-state index < -0.39 is 11.9 Å². The third kappa shape index (κ3) is 4.10. The summed E-state index contributed by atoms with van der Waals surface area (Å²) in [5.41, 5.74) is 9.60. The van der Waals surface area contributed by atoms with E-state index in [2.05, 4.69) is 20.6 Å². The van der Waals surface area contributed by atoms with Gasteiger partial charge in [0.25, 0.3) is 0 Å². The summed E-state index contributed by atoms with van der Waals surface area (Å²) < 4.78 is 25.9. The van der Waals surface area contributed by atoms with Gasteiger partial charge < -0.3 is 25.6 Å². The summed E-state index contributed by atoms with van der Waals surface area (Å²) in [5.74, 6) is -0.181. The van der Waals surface area contributed by atoms with E-state index in [4.69, 9.17) is 15.2 Å². The molecule has 0 bridgehead atoms.